The molecule has 3 rings (SSSR count). The Balaban J connectivity index is 1.83. The minimum Gasteiger partial charge on any atom is -0.384 e. The lowest BCUT2D eigenvalue weighted by atomic mass is 9.94. The van der Waals surface area contributed by atoms with Gasteiger partial charge < -0.3 is 5.32 Å². The van der Waals surface area contributed by atoms with Crippen molar-refractivity contribution in [2.75, 3.05) is 11.9 Å². The Morgan fingerprint density at radius 3 is 2.72 bits per heavy atom. The molecular weight excluding hydrogens is 242 g/mol. The first-order chi connectivity index (χ1) is 8.83. The minimum atomic E-state index is 0.581. The van der Waals surface area contributed by atoms with Crippen LogP contribution in [0.15, 0.2) is 48.5 Å². The van der Waals surface area contributed by atoms with Gasteiger partial charge in [-0.05, 0) is 36.1 Å². The average Bonchev–Trinajstić information content (AvgIpc) is 2.62. The Bertz CT molecular complexity index is 536. The zero-order valence-electron chi connectivity index (χ0n) is 10.2. The molecule has 0 spiro atoms. The smallest absolute Gasteiger partial charge is 0.0426 e. The van der Waals surface area contributed by atoms with Crippen molar-refractivity contribution in [3.63, 3.8) is 0 Å². The van der Waals surface area contributed by atoms with E-state index in [1.165, 1.54) is 23.2 Å². The lowest BCUT2D eigenvalue weighted by Crippen LogP contribution is -2.10. The van der Waals surface area contributed by atoms with Crippen molar-refractivity contribution in [1.29, 1.82) is 0 Å². The molecule has 0 saturated carbocycles. The number of hydrogen-bond donors (Lipinski definition) is 1. The van der Waals surface area contributed by atoms with Gasteiger partial charge in [-0.25, -0.2) is 0 Å². The Morgan fingerprint density at radius 2 is 1.89 bits per heavy atom. The fourth-order valence-electron chi connectivity index (χ4n) is 2.61. The van der Waals surface area contributed by atoms with Gasteiger partial charge in [0.1, 0.15) is 0 Å². The van der Waals surface area contributed by atoms with Crippen molar-refractivity contribution in [3.8, 4) is 0 Å². The molecule has 1 N–H and O–H groups in total. The summed E-state index contributed by atoms with van der Waals surface area (Å²) < 4.78 is 0. The van der Waals surface area contributed by atoms with Gasteiger partial charge >= 0.3 is 0 Å². The van der Waals surface area contributed by atoms with Crippen molar-refractivity contribution in [1.82, 2.24) is 0 Å². The third kappa shape index (κ3) is 2.37. The average molecular weight is 258 g/mol. The lowest BCUT2D eigenvalue weighted by molar-refractivity contribution is 0.665. The first-order valence-corrected chi connectivity index (χ1v) is 6.78. The highest BCUT2D eigenvalue weighted by Crippen LogP contribution is 2.30. The molecular formula is C16H16ClN. The number of hydrogen-bond acceptors (Lipinski definition) is 1. The van der Waals surface area contributed by atoms with Crippen LogP contribution in [0.2, 0.25) is 5.02 Å². The maximum absolute atomic E-state index is 6.04. The van der Waals surface area contributed by atoms with Crippen LogP contribution in [0.5, 0.6) is 0 Å². The summed E-state index contributed by atoms with van der Waals surface area (Å²) in [6.45, 7) is 0.983. The van der Waals surface area contributed by atoms with E-state index in [0.29, 0.717) is 5.92 Å². The molecule has 18 heavy (non-hydrogen) atoms. The summed E-state index contributed by atoms with van der Waals surface area (Å²) in [7, 11) is 0. The topological polar surface area (TPSA) is 12.0 Å². The number of fused-ring (bicyclic) bond motifs is 1. The molecule has 1 atom stereocenters. The van der Waals surface area contributed by atoms with E-state index >= 15 is 0 Å². The zero-order chi connectivity index (χ0) is 12.4. The first kappa shape index (κ1) is 11.6. The Kier molecular flexibility index (Phi) is 3.24. The summed E-state index contributed by atoms with van der Waals surface area (Å²) in [5.74, 6) is 0.581. The SMILES string of the molecule is Clc1ccc2c(c1)NC[C@@H](c1ccccc1)CC2. The highest BCUT2D eigenvalue weighted by molar-refractivity contribution is 6.30. The Hall–Kier alpha value is -1.47. The number of anilines is 1. The van der Waals surface area contributed by atoms with E-state index in [1.807, 2.05) is 12.1 Å². The molecule has 0 saturated heterocycles. The highest BCUT2D eigenvalue weighted by Gasteiger charge is 2.17. The molecule has 0 unspecified atom stereocenters. The second-order valence-electron chi connectivity index (χ2n) is 4.83. The Labute approximate surface area is 113 Å². The maximum atomic E-state index is 6.04. The monoisotopic (exact) mass is 257 g/mol. The van der Waals surface area contributed by atoms with Crippen LogP contribution >= 0.6 is 11.6 Å². The van der Waals surface area contributed by atoms with Crippen LogP contribution in [0.4, 0.5) is 5.69 Å². The third-order valence-electron chi connectivity index (χ3n) is 3.64. The van der Waals surface area contributed by atoms with Gasteiger partial charge in [0.15, 0.2) is 0 Å². The molecule has 1 aliphatic heterocycles. The van der Waals surface area contributed by atoms with Gasteiger partial charge in [-0.15, -0.1) is 0 Å². The second-order valence-corrected chi connectivity index (χ2v) is 5.27. The van der Waals surface area contributed by atoms with E-state index in [2.05, 4.69) is 41.7 Å². The highest BCUT2D eigenvalue weighted by atomic mass is 35.5. The van der Waals surface area contributed by atoms with Gasteiger partial charge in [-0.3, -0.25) is 0 Å². The fourth-order valence-corrected chi connectivity index (χ4v) is 2.78. The molecule has 0 amide bonds. The van der Waals surface area contributed by atoms with Crippen molar-refractivity contribution in [3.05, 3.63) is 64.7 Å². The van der Waals surface area contributed by atoms with Crippen LogP contribution in [0, 0.1) is 0 Å². The van der Waals surface area contributed by atoms with Crippen molar-refractivity contribution >= 4 is 17.3 Å². The van der Waals surface area contributed by atoms with E-state index in [-0.39, 0.29) is 0 Å². The van der Waals surface area contributed by atoms with Crippen LogP contribution in [-0.2, 0) is 6.42 Å². The van der Waals surface area contributed by atoms with Gasteiger partial charge in [0, 0.05) is 23.2 Å². The predicted molar refractivity (Wildman–Crippen MR) is 77.4 cm³/mol. The molecule has 0 aromatic heterocycles. The van der Waals surface area contributed by atoms with E-state index in [9.17, 15) is 0 Å². The first-order valence-electron chi connectivity index (χ1n) is 6.40. The quantitative estimate of drug-likeness (QED) is 0.794. The fraction of sp³-hybridized carbons (Fsp3) is 0.250. The molecule has 0 fully saturated rings. The predicted octanol–water partition coefficient (Wildman–Crippen LogP) is 4.48. The van der Waals surface area contributed by atoms with Gasteiger partial charge in [-0.2, -0.15) is 0 Å². The third-order valence-corrected chi connectivity index (χ3v) is 3.88. The van der Waals surface area contributed by atoms with Crippen LogP contribution < -0.4 is 5.32 Å². The van der Waals surface area contributed by atoms with Gasteiger partial charge in [0.05, 0.1) is 0 Å². The van der Waals surface area contributed by atoms with E-state index in [0.717, 1.165) is 18.0 Å². The number of aryl methyl sites for hydroxylation is 1. The maximum Gasteiger partial charge on any atom is 0.0426 e. The van der Waals surface area contributed by atoms with Crippen LogP contribution in [0.25, 0.3) is 0 Å². The molecule has 2 aromatic carbocycles. The standard InChI is InChI=1S/C16H16ClN/c17-15-9-8-13-6-7-14(11-18-16(13)10-15)12-4-2-1-3-5-12/h1-5,8-10,14,18H,6-7,11H2/t14-/m0/s1. The normalized spacial score (nSPS) is 18.6. The van der Waals surface area contributed by atoms with E-state index < -0.39 is 0 Å². The molecule has 92 valence electrons. The lowest BCUT2D eigenvalue weighted by Gasteiger charge is -2.14. The van der Waals surface area contributed by atoms with Crippen molar-refractivity contribution in [2.45, 2.75) is 18.8 Å². The molecule has 2 aromatic rings. The number of halogens is 1. The summed E-state index contributed by atoms with van der Waals surface area (Å²) in [4.78, 5) is 0. The van der Waals surface area contributed by atoms with Gasteiger partial charge in [0.2, 0.25) is 0 Å². The van der Waals surface area contributed by atoms with E-state index in [1.54, 1.807) is 0 Å². The van der Waals surface area contributed by atoms with Crippen molar-refractivity contribution in [2.24, 2.45) is 0 Å². The number of benzene rings is 2. The number of rotatable bonds is 1. The Morgan fingerprint density at radius 1 is 1.06 bits per heavy atom. The summed E-state index contributed by atoms with van der Waals surface area (Å²) in [5.41, 5.74) is 3.99. The summed E-state index contributed by atoms with van der Waals surface area (Å²) in [6.07, 6.45) is 2.30. The molecule has 0 bridgehead atoms. The van der Waals surface area contributed by atoms with Crippen molar-refractivity contribution < 1.29 is 0 Å². The molecule has 0 radical (unpaired) electrons. The molecule has 2 heteroatoms. The minimum absolute atomic E-state index is 0.581. The van der Waals surface area contributed by atoms with Crippen LogP contribution in [-0.4, -0.2) is 6.54 Å². The molecule has 1 heterocycles. The van der Waals surface area contributed by atoms with Gasteiger partial charge in [-0.1, -0.05) is 48.0 Å². The van der Waals surface area contributed by atoms with Gasteiger partial charge in [0.25, 0.3) is 0 Å². The van der Waals surface area contributed by atoms with Crippen LogP contribution in [0.3, 0.4) is 0 Å². The largest absolute Gasteiger partial charge is 0.384 e. The summed E-state index contributed by atoms with van der Waals surface area (Å²) >= 11 is 6.04. The van der Waals surface area contributed by atoms with Crippen LogP contribution in [0.1, 0.15) is 23.5 Å². The molecule has 1 nitrogen and oxygen atoms in total. The number of nitrogens with one attached hydrogen (secondary N) is 1. The zero-order valence-corrected chi connectivity index (χ0v) is 11.0. The molecule has 0 aliphatic carbocycles. The summed E-state index contributed by atoms with van der Waals surface area (Å²) in [6, 6.07) is 16.9. The second kappa shape index (κ2) is 5.03. The molecule has 1 aliphatic rings. The summed E-state index contributed by atoms with van der Waals surface area (Å²) in [5, 5.41) is 4.34. The van der Waals surface area contributed by atoms with E-state index in [4.69, 9.17) is 11.6 Å².